The van der Waals surface area contributed by atoms with Gasteiger partial charge in [-0.25, -0.2) is 4.98 Å². The highest BCUT2D eigenvalue weighted by molar-refractivity contribution is 6.33. The third-order valence-electron chi connectivity index (χ3n) is 3.89. The van der Waals surface area contributed by atoms with Crippen LogP contribution in [-0.4, -0.2) is 27.9 Å². The van der Waals surface area contributed by atoms with E-state index in [2.05, 4.69) is 15.3 Å². The second kappa shape index (κ2) is 8.44. The van der Waals surface area contributed by atoms with Gasteiger partial charge in [0.25, 0.3) is 0 Å². The maximum atomic E-state index is 10.2. The lowest BCUT2D eigenvalue weighted by atomic mass is 10.2. The third kappa shape index (κ3) is 4.45. The first-order chi connectivity index (χ1) is 12.0. The number of carbonyl (C=O) groups is 1. The van der Waals surface area contributed by atoms with Crippen molar-refractivity contribution in [3.63, 3.8) is 0 Å². The predicted molar refractivity (Wildman–Crippen MR) is 102 cm³/mol. The van der Waals surface area contributed by atoms with E-state index in [-0.39, 0.29) is 0 Å². The summed E-state index contributed by atoms with van der Waals surface area (Å²) in [4.78, 5) is 18.5. The molecule has 130 valence electrons. The molecule has 0 fully saturated rings. The molecule has 0 bridgehead atoms. The molecule has 1 aromatic carbocycles. The van der Waals surface area contributed by atoms with E-state index >= 15 is 0 Å². The number of aldehydes is 1. The number of pyridine rings is 1. The number of halogens is 1. The van der Waals surface area contributed by atoms with Gasteiger partial charge >= 0.3 is 0 Å². The molecule has 0 radical (unpaired) electrons. The molecule has 3 rings (SSSR count). The summed E-state index contributed by atoms with van der Waals surface area (Å²) in [6, 6.07) is 9.32. The van der Waals surface area contributed by atoms with Gasteiger partial charge in [0.05, 0.1) is 5.02 Å². The van der Waals surface area contributed by atoms with Gasteiger partial charge < -0.3 is 9.88 Å². The summed E-state index contributed by atoms with van der Waals surface area (Å²) in [6.45, 7) is 3.83. The number of rotatable bonds is 3. The van der Waals surface area contributed by atoms with E-state index in [0.29, 0.717) is 10.6 Å². The highest BCUT2D eigenvalue weighted by Gasteiger charge is 2.10. The van der Waals surface area contributed by atoms with Crippen LogP contribution < -0.4 is 5.32 Å². The molecule has 0 saturated carbocycles. The van der Waals surface area contributed by atoms with Crippen molar-refractivity contribution in [3.8, 4) is 11.4 Å². The molecule has 2 aromatic heterocycles. The average molecular weight is 357 g/mol. The van der Waals surface area contributed by atoms with Gasteiger partial charge in [-0.1, -0.05) is 11.6 Å². The van der Waals surface area contributed by atoms with Crippen molar-refractivity contribution in [3.05, 3.63) is 64.7 Å². The van der Waals surface area contributed by atoms with E-state index < -0.39 is 0 Å². The molecular formula is C19H21ClN4O. The zero-order chi connectivity index (χ0) is 18.4. The van der Waals surface area contributed by atoms with Gasteiger partial charge in [-0.3, -0.25) is 9.78 Å². The van der Waals surface area contributed by atoms with Crippen LogP contribution in [0.3, 0.4) is 0 Å². The van der Waals surface area contributed by atoms with Crippen LogP contribution in [0.1, 0.15) is 21.7 Å². The Hall–Kier alpha value is -2.66. The Balaban J connectivity index is 0.000000212. The van der Waals surface area contributed by atoms with Crippen molar-refractivity contribution in [1.82, 2.24) is 14.5 Å². The van der Waals surface area contributed by atoms with Crippen LogP contribution in [-0.2, 0) is 7.05 Å². The van der Waals surface area contributed by atoms with Crippen molar-refractivity contribution in [1.29, 1.82) is 0 Å². The molecule has 0 amide bonds. The zero-order valence-corrected chi connectivity index (χ0v) is 15.5. The Kier molecular flexibility index (Phi) is 6.31. The summed E-state index contributed by atoms with van der Waals surface area (Å²) in [5.74, 6) is 0.889. The van der Waals surface area contributed by atoms with E-state index in [1.54, 1.807) is 18.3 Å². The van der Waals surface area contributed by atoms with Crippen LogP contribution in [0.25, 0.3) is 11.4 Å². The Bertz CT molecular complexity index is 874. The molecule has 5 nitrogen and oxygen atoms in total. The molecule has 0 saturated heterocycles. The number of imidazole rings is 1. The number of anilines is 1. The lowest BCUT2D eigenvalue weighted by Crippen LogP contribution is -1.96. The quantitative estimate of drug-likeness (QED) is 0.711. The van der Waals surface area contributed by atoms with Crippen LogP contribution in [0.4, 0.5) is 5.69 Å². The van der Waals surface area contributed by atoms with Crippen molar-refractivity contribution in [2.75, 3.05) is 12.4 Å². The smallest absolute Gasteiger partial charge is 0.151 e. The molecule has 0 spiro atoms. The van der Waals surface area contributed by atoms with Gasteiger partial charge in [-0.2, -0.15) is 0 Å². The van der Waals surface area contributed by atoms with Crippen molar-refractivity contribution < 1.29 is 4.79 Å². The van der Waals surface area contributed by atoms with E-state index in [9.17, 15) is 4.79 Å². The van der Waals surface area contributed by atoms with Crippen LogP contribution in [0, 0.1) is 13.8 Å². The minimum atomic E-state index is 0.664. The first-order valence-corrected chi connectivity index (χ1v) is 8.18. The number of carbonyl (C=O) groups excluding carboxylic acids is 1. The molecule has 2 heterocycles. The lowest BCUT2D eigenvalue weighted by Gasteiger charge is -2.08. The molecule has 0 aliphatic heterocycles. The summed E-state index contributed by atoms with van der Waals surface area (Å²) < 4.78 is 2.03. The summed E-state index contributed by atoms with van der Waals surface area (Å²) in [6.07, 6.45) is 4.32. The van der Waals surface area contributed by atoms with Gasteiger partial charge in [0.1, 0.15) is 5.82 Å². The lowest BCUT2D eigenvalue weighted by molar-refractivity contribution is 0.112. The topological polar surface area (TPSA) is 59.8 Å². The molecule has 3 aromatic rings. The molecule has 0 aliphatic rings. The molecule has 0 aliphatic carbocycles. The highest BCUT2D eigenvalue weighted by Crippen LogP contribution is 2.29. The monoisotopic (exact) mass is 356 g/mol. The number of hydrogen-bond acceptors (Lipinski definition) is 4. The predicted octanol–water partition coefficient (Wildman–Crippen LogP) is 4.29. The van der Waals surface area contributed by atoms with E-state index in [4.69, 9.17) is 11.6 Å². The van der Waals surface area contributed by atoms with Crippen LogP contribution >= 0.6 is 11.6 Å². The fraction of sp³-hybridized carbons (Fsp3) is 0.211. The van der Waals surface area contributed by atoms with Crippen molar-refractivity contribution in [2.24, 2.45) is 7.05 Å². The van der Waals surface area contributed by atoms with Crippen molar-refractivity contribution >= 4 is 23.6 Å². The summed E-state index contributed by atoms with van der Waals surface area (Å²) in [5.41, 5.74) is 4.54. The van der Waals surface area contributed by atoms with Crippen molar-refractivity contribution in [2.45, 2.75) is 13.8 Å². The van der Waals surface area contributed by atoms with Gasteiger partial charge in [-0.15, -0.1) is 0 Å². The number of hydrogen-bond donors (Lipinski definition) is 1. The first-order valence-electron chi connectivity index (χ1n) is 7.80. The van der Waals surface area contributed by atoms with E-state index in [0.717, 1.165) is 34.7 Å². The molecule has 0 atom stereocenters. The third-order valence-corrected chi connectivity index (χ3v) is 4.22. The van der Waals surface area contributed by atoms with Gasteiger partial charge in [-0.05, 0) is 44.2 Å². The Labute approximate surface area is 152 Å². The second-order valence-electron chi connectivity index (χ2n) is 5.52. The minimum absolute atomic E-state index is 0.664. The molecule has 0 unspecified atom stereocenters. The fourth-order valence-electron chi connectivity index (χ4n) is 2.22. The maximum absolute atomic E-state index is 10.2. The minimum Gasteiger partial charge on any atom is -0.388 e. The summed E-state index contributed by atoms with van der Waals surface area (Å²) in [5, 5.41) is 3.81. The van der Waals surface area contributed by atoms with Gasteiger partial charge in [0, 0.05) is 54.7 Å². The van der Waals surface area contributed by atoms with Crippen LogP contribution in [0.5, 0.6) is 0 Å². The molecule has 25 heavy (non-hydrogen) atoms. The zero-order valence-electron chi connectivity index (χ0n) is 14.7. The molecule has 1 N–H and O–H groups in total. The standard InChI is InChI=1S/C12H14ClN3.C7H7NO/c1-8-7-15-12(16(8)3)10-6-9(14-2)4-5-11(10)13;1-6-7(5-9)3-2-4-8-6/h4-7,14H,1-3H3;2-5H,1H3. The maximum Gasteiger partial charge on any atom is 0.151 e. The summed E-state index contributed by atoms with van der Waals surface area (Å²) in [7, 11) is 3.87. The largest absolute Gasteiger partial charge is 0.388 e. The molecular weight excluding hydrogens is 336 g/mol. The number of nitrogens with zero attached hydrogens (tertiary/aromatic N) is 3. The Morgan fingerprint density at radius 1 is 1.20 bits per heavy atom. The number of nitrogens with one attached hydrogen (secondary N) is 1. The first kappa shape index (κ1) is 18.7. The average Bonchev–Trinajstić information content (AvgIpc) is 2.95. The number of benzene rings is 1. The van der Waals surface area contributed by atoms with Crippen LogP contribution in [0.15, 0.2) is 42.7 Å². The normalized spacial score (nSPS) is 9.96. The van der Waals surface area contributed by atoms with Gasteiger partial charge in [0.2, 0.25) is 0 Å². The SMILES string of the molecule is CNc1ccc(Cl)c(-c2ncc(C)n2C)c1.Cc1ncccc1C=O. The second-order valence-corrected chi connectivity index (χ2v) is 5.93. The highest BCUT2D eigenvalue weighted by atomic mass is 35.5. The van der Waals surface area contributed by atoms with Gasteiger partial charge in [0.15, 0.2) is 6.29 Å². The fourth-order valence-corrected chi connectivity index (χ4v) is 2.42. The van der Waals surface area contributed by atoms with Crippen LogP contribution in [0.2, 0.25) is 5.02 Å². The van der Waals surface area contributed by atoms with E-state index in [1.165, 1.54) is 0 Å². The molecule has 6 heteroatoms. The number of aryl methyl sites for hydroxylation is 2. The Morgan fingerprint density at radius 2 is 1.96 bits per heavy atom. The Morgan fingerprint density at radius 3 is 2.48 bits per heavy atom. The number of aromatic nitrogens is 3. The summed E-state index contributed by atoms with van der Waals surface area (Å²) >= 11 is 6.19. The van der Waals surface area contributed by atoms with E-state index in [1.807, 2.05) is 56.9 Å².